The van der Waals surface area contributed by atoms with Gasteiger partial charge in [-0.25, -0.2) is 8.42 Å². The van der Waals surface area contributed by atoms with Crippen LogP contribution in [0.25, 0.3) is 0 Å². The lowest BCUT2D eigenvalue weighted by molar-refractivity contribution is 0.0656. The van der Waals surface area contributed by atoms with Crippen molar-refractivity contribution in [3.63, 3.8) is 0 Å². The standard InChI is InChI=1S/C15H22N2O3S/c1-3-17(13-8-10-16-11-9-13)15(18)12-4-6-14(7-5-12)21(2,19)20/h4-7,13,16H,3,8-11H2,1-2H3. The third-order valence-corrected chi connectivity index (χ3v) is 5.01. The molecule has 0 unspecified atom stereocenters. The Morgan fingerprint density at radius 3 is 2.29 bits per heavy atom. The largest absolute Gasteiger partial charge is 0.336 e. The molecule has 0 aliphatic carbocycles. The average molecular weight is 310 g/mol. The van der Waals surface area contributed by atoms with E-state index in [0.717, 1.165) is 32.2 Å². The number of carbonyl (C=O) groups excluding carboxylic acids is 1. The summed E-state index contributed by atoms with van der Waals surface area (Å²) in [5.41, 5.74) is 0.544. The number of rotatable bonds is 4. The van der Waals surface area contributed by atoms with Crippen LogP contribution in [0.5, 0.6) is 0 Å². The molecular weight excluding hydrogens is 288 g/mol. The fourth-order valence-electron chi connectivity index (χ4n) is 2.70. The van der Waals surface area contributed by atoms with Gasteiger partial charge in [0.15, 0.2) is 9.84 Å². The summed E-state index contributed by atoms with van der Waals surface area (Å²) < 4.78 is 22.9. The second-order valence-electron chi connectivity index (χ2n) is 5.37. The molecule has 116 valence electrons. The van der Waals surface area contributed by atoms with Gasteiger partial charge in [0, 0.05) is 24.4 Å². The first-order valence-electron chi connectivity index (χ1n) is 7.25. The number of sulfone groups is 1. The van der Waals surface area contributed by atoms with Crippen LogP contribution in [0.4, 0.5) is 0 Å². The molecule has 1 N–H and O–H groups in total. The van der Waals surface area contributed by atoms with E-state index in [2.05, 4.69) is 5.32 Å². The van der Waals surface area contributed by atoms with E-state index >= 15 is 0 Å². The second kappa shape index (κ2) is 6.58. The van der Waals surface area contributed by atoms with Crippen LogP contribution in [0, 0.1) is 0 Å². The first kappa shape index (κ1) is 16.0. The van der Waals surface area contributed by atoms with Crippen LogP contribution in [0.2, 0.25) is 0 Å². The number of amides is 1. The molecule has 1 aromatic carbocycles. The summed E-state index contributed by atoms with van der Waals surface area (Å²) in [6.45, 7) is 4.51. The number of piperidine rings is 1. The van der Waals surface area contributed by atoms with Crippen molar-refractivity contribution < 1.29 is 13.2 Å². The van der Waals surface area contributed by atoms with Crippen molar-refractivity contribution in [1.82, 2.24) is 10.2 Å². The van der Waals surface area contributed by atoms with Crippen LogP contribution in [-0.4, -0.2) is 51.2 Å². The molecule has 1 amide bonds. The maximum absolute atomic E-state index is 12.6. The summed E-state index contributed by atoms with van der Waals surface area (Å²) in [5.74, 6) is -0.0237. The molecule has 5 nitrogen and oxygen atoms in total. The Bertz CT molecular complexity index is 590. The van der Waals surface area contributed by atoms with Gasteiger partial charge in [0.05, 0.1) is 4.90 Å². The van der Waals surface area contributed by atoms with Gasteiger partial charge in [0.2, 0.25) is 0 Å². The zero-order chi connectivity index (χ0) is 15.5. The van der Waals surface area contributed by atoms with Gasteiger partial charge in [0.25, 0.3) is 5.91 Å². The molecule has 0 radical (unpaired) electrons. The quantitative estimate of drug-likeness (QED) is 0.910. The molecule has 0 aromatic heterocycles. The monoisotopic (exact) mass is 310 g/mol. The Morgan fingerprint density at radius 2 is 1.81 bits per heavy atom. The van der Waals surface area contributed by atoms with Crippen molar-refractivity contribution in [1.29, 1.82) is 0 Å². The van der Waals surface area contributed by atoms with Gasteiger partial charge in [-0.2, -0.15) is 0 Å². The summed E-state index contributed by atoms with van der Waals surface area (Å²) in [6, 6.07) is 6.46. The summed E-state index contributed by atoms with van der Waals surface area (Å²) >= 11 is 0. The van der Waals surface area contributed by atoms with Gasteiger partial charge >= 0.3 is 0 Å². The highest BCUT2D eigenvalue weighted by atomic mass is 32.2. The number of nitrogens with one attached hydrogen (secondary N) is 1. The van der Waals surface area contributed by atoms with E-state index in [1.807, 2.05) is 11.8 Å². The maximum Gasteiger partial charge on any atom is 0.254 e. The molecule has 6 heteroatoms. The van der Waals surface area contributed by atoms with Crippen LogP contribution < -0.4 is 5.32 Å². The molecule has 1 aliphatic heterocycles. The smallest absolute Gasteiger partial charge is 0.254 e. The van der Waals surface area contributed by atoms with Crippen LogP contribution in [0.1, 0.15) is 30.1 Å². The van der Waals surface area contributed by atoms with E-state index in [0.29, 0.717) is 12.1 Å². The number of hydrogen-bond acceptors (Lipinski definition) is 4. The third-order valence-electron chi connectivity index (χ3n) is 3.88. The van der Waals surface area contributed by atoms with Crippen molar-refractivity contribution in [2.24, 2.45) is 0 Å². The summed E-state index contributed by atoms with van der Waals surface area (Å²) in [6.07, 6.45) is 3.08. The van der Waals surface area contributed by atoms with E-state index in [1.54, 1.807) is 12.1 Å². The molecule has 0 bridgehead atoms. The molecule has 0 saturated carbocycles. The van der Waals surface area contributed by atoms with Crippen LogP contribution >= 0.6 is 0 Å². The number of benzene rings is 1. The SMILES string of the molecule is CCN(C(=O)c1ccc(S(C)(=O)=O)cc1)C1CCNCC1. The summed E-state index contributed by atoms with van der Waals surface area (Å²) in [5, 5.41) is 3.29. The van der Waals surface area contributed by atoms with E-state index in [9.17, 15) is 13.2 Å². The normalized spacial score (nSPS) is 16.7. The molecule has 1 aliphatic rings. The topological polar surface area (TPSA) is 66.5 Å². The minimum atomic E-state index is -3.22. The molecule has 1 heterocycles. The molecule has 1 saturated heterocycles. The first-order chi connectivity index (χ1) is 9.93. The van der Waals surface area contributed by atoms with Crippen LogP contribution in [0.15, 0.2) is 29.2 Å². The van der Waals surface area contributed by atoms with Gasteiger partial charge < -0.3 is 10.2 Å². The van der Waals surface area contributed by atoms with Gasteiger partial charge in [-0.05, 0) is 57.1 Å². The number of carbonyl (C=O) groups is 1. The van der Waals surface area contributed by atoms with E-state index in [4.69, 9.17) is 0 Å². The zero-order valence-corrected chi connectivity index (χ0v) is 13.3. The van der Waals surface area contributed by atoms with Gasteiger partial charge in [-0.3, -0.25) is 4.79 Å². The molecule has 0 atom stereocenters. The Kier molecular flexibility index (Phi) is 5.00. The minimum absolute atomic E-state index is 0.0237. The highest BCUT2D eigenvalue weighted by molar-refractivity contribution is 7.90. The minimum Gasteiger partial charge on any atom is -0.336 e. The predicted octanol–water partition coefficient (Wildman–Crippen LogP) is 1.30. The first-order valence-corrected chi connectivity index (χ1v) is 9.14. The van der Waals surface area contributed by atoms with Crippen LogP contribution in [-0.2, 0) is 9.84 Å². The second-order valence-corrected chi connectivity index (χ2v) is 7.38. The molecule has 1 aromatic rings. The fraction of sp³-hybridized carbons (Fsp3) is 0.533. The Morgan fingerprint density at radius 1 is 1.24 bits per heavy atom. The van der Waals surface area contributed by atoms with Crippen molar-refractivity contribution in [3.8, 4) is 0 Å². The Balaban J connectivity index is 2.17. The van der Waals surface area contributed by atoms with E-state index in [-0.39, 0.29) is 16.8 Å². The number of nitrogens with zero attached hydrogens (tertiary/aromatic N) is 1. The average Bonchev–Trinajstić information content (AvgIpc) is 2.48. The number of hydrogen-bond donors (Lipinski definition) is 1. The lowest BCUT2D eigenvalue weighted by Crippen LogP contribution is -2.46. The highest BCUT2D eigenvalue weighted by Gasteiger charge is 2.24. The fourth-order valence-corrected chi connectivity index (χ4v) is 3.33. The van der Waals surface area contributed by atoms with Crippen molar-refractivity contribution in [2.45, 2.75) is 30.7 Å². The van der Waals surface area contributed by atoms with E-state index in [1.165, 1.54) is 12.1 Å². The lowest BCUT2D eigenvalue weighted by atomic mass is 10.0. The molecule has 1 fully saturated rings. The molecule has 2 rings (SSSR count). The Labute approximate surface area is 126 Å². The molecule has 0 spiro atoms. The molecule has 21 heavy (non-hydrogen) atoms. The maximum atomic E-state index is 12.6. The van der Waals surface area contributed by atoms with Gasteiger partial charge in [0.1, 0.15) is 0 Å². The van der Waals surface area contributed by atoms with Crippen molar-refractivity contribution in [2.75, 3.05) is 25.9 Å². The highest BCUT2D eigenvalue weighted by Crippen LogP contribution is 2.17. The molecular formula is C15H22N2O3S. The summed E-state index contributed by atoms with van der Waals surface area (Å²) in [7, 11) is -3.22. The van der Waals surface area contributed by atoms with E-state index < -0.39 is 9.84 Å². The van der Waals surface area contributed by atoms with Crippen molar-refractivity contribution in [3.05, 3.63) is 29.8 Å². The predicted molar refractivity (Wildman–Crippen MR) is 82.2 cm³/mol. The van der Waals surface area contributed by atoms with Gasteiger partial charge in [-0.1, -0.05) is 0 Å². The van der Waals surface area contributed by atoms with Gasteiger partial charge in [-0.15, -0.1) is 0 Å². The van der Waals surface area contributed by atoms with Crippen molar-refractivity contribution >= 4 is 15.7 Å². The summed E-state index contributed by atoms with van der Waals surface area (Å²) in [4.78, 5) is 14.7. The zero-order valence-electron chi connectivity index (χ0n) is 12.5. The Hall–Kier alpha value is -1.40. The lowest BCUT2D eigenvalue weighted by Gasteiger charge is -2.34. The van der Waals surface area contributed by atoms with Crippen LogP contribution in [0.3, 0.4) is 0 Å². The third kappa shape index (κ3) is 3.83.